The molecule has 1 unspecified atom stereocenters. The van der Waals surface area contributed by atoms with Crippen LogP contribution in [-0.4, -0.2) is 29.1 Å². The summed E-state index contributed by atoms with van der Waals surface area (Å²) >= 11 is 0. The van der Waals surface area contributed by atoms with Crippen molar-refractivity contribution in [2.24, 2.45) is 0 Å². The molecule has 162 valence electrons. The molecule has 0 saturated carbocycles. The zero-order valence-corrected chi connectivity index (χ0v) is 18.3. The number of fused-ring (bicyclic) bond motifs is 2. The molecule has 0 bridgehead atoms. The monoisotopic (exact) mass is 426 g/mol. The van der Waals surface area contributed by atoms with Crippen LogP contribution in [-0.2, 0) is 4.74 Å². The molecule has 4 aromatic rings. The molecule has 1 aromatic heterocycles. The first-order valence-electron chi connectivity index (χ1n) is 11.0. The van der Waals surface area contributed by atoms with Gasteiger partial charge < -0.3 is 19.9 Å². The lowest BCUT2D eigenvalue weighted by Crippen LogP contribution is -2.26. The molecule has 32 heavy (non-hydrogen) atoms. The third-order valence-corrected chi connectivity index (χ3v) is 6.00. The Morgan fingerprint density at radius 2 is 1.88 bits per heavy atom. The van der Waals surface area contributed by atoms with Gasteiger partial charge in [-0.15, -0.1) is 0 Å². The van der Waals surface area contributed by atoms with Crippen molar-refractivity contribution in [1.82, 2.24) is 9.97 Å². The maximum atomic E-state index is 12.3. The first-order chi connectivity index (χ1) is 15.7. The molecule has 6 nitrogen and oxygen atoms in total. The number of nitrogens with zero attached hydrogens (tertiary/aromatic N) is 2. The zero-order valence-electron chi connectivity index (χ0n) is 18.3. The van der Waals surface area contributed by atoms with Crippen LogP contribution in [0, 0.1) is 0 Å². The van der Waals surface area contributed by atoms with Crippen molar-refractivity contribution in [3.63, 3.8) is 0 Å². The smallest absolute Gasteiger partial charge is 0.340 e. The number of nitrogens with one attached hydrogen (secondary N) is 2. The van der Waals surface area contributed by atoms with Gasteiger partial charge in [0.05, 0.1) is 29.1 Å². The number of hydrogen-bond donors (Lipinski definition) is 2. The van der Waals surface area contributed by atoms with Gasteiger partial charge >= 0.3 is 5.97 Å². The highest BCUT2D eigenvalue weighted by Gasteiger charge is 2.24. The van der Waals surface area contributed by atoms with Gasteiger partial charge in [-0.05, 0) is 55.2 Å². The van der Waals surface area contributed by atoms with Crippen LogP contribution in [0.15, 0.2) is 66.7 Å². The zero-order chi connectivity index (χ0) is 22.1. The SMILES string of the molecule is CCOC(=O)c1cccc2[nH]c(Nc3ccccc3N3CCC(C)c4ccccc43)nc12. The topological polar surface area (TPSA) is 70.2 Å². The maximum Gasteiger partial charge on any atom is 0.340 e. The molecule has 1 atom stereocenters. The van der Waals surface area contributed by atoms with Crippen LogP contribution in [0.4, 0.5) is 23.0 Å². The minimum Gasteiger partial charge on any atom is -0.462 e. The molecule has 0 aliphatic carbocycles. The lowest BCUT2D eigenvalue weighted by molar-refractivity contribution is 0.0528. The number of imidazole rings is 1. The Hall–Kier alpha value is -3.80. The van der Waals surface area contributed by atoms with Crippen molar-refractivity contribution in [1.29, 1.82) is 0 Å². The Kier molecular flexibility index (Phi) is 5.27. The van der Waals surface area contributed by atoms with E-state index in [0.717, 1.165) is 29.9 Å². The summed E-state index contributed by atoms with van der Waals surface area (Å²) in [4.78, 5) is 22.6. The minimum absolute atomic E-state index is 0.327. The van der Waals surface area contributed by atoms with Crippen LogP contribution < -0.4 is 10.2 Å². The number of esters is 1. The third kappa shape index (κ3) is 3.58. The van der Waals surface area contributed by atoms with Crippen LogP contribution in [0.1, 0.15) is 42.1 Å². The number of anilines is 4. The normalized spacial score (nSPS) is 15.4. The van der Waals surface area contributed by atoms with E-state index in [1.165, 1.54) is 11.3 Å². The van der Waals surface area contributed by atoms with Crippen LogP contribution in [0.3, 0.4) is 0 Å². The van der Waals surface area contributed by atoms with Crippen molar-refractivity contribution >= 4 is 40.0 Å². The van der Waals surface area contributed by atoms with Crippen molar-refractivity contribution in [3.8, 4) is 0 Å². The molecule has 0 spiro atoms. The lowest BCUT2D eigenvalue weighted by Gasteiger charge is -2.35. The number of carbonyl (C=O) groups is 1. The number of ether oxygens (including phenoxy) is 1. The molecule has 0 fully saturated rings. The molecular formula is C26H26N4O2. The standard InChI is InChI=1S/C26H26N4O2/c1-3-32-25(31)19-10-8-12-21-24(19)29-26(28-21)27-20-11-5-7-14-23(20)30-16-15-17(2)18-9-4-6-13-22(18)30/h4-14,17H,3,15-16H2,1-2H3,(H2,27,28,29). The molecule has 0 saturated heterocycles. The van der Waals surface area contributed by atoms with Gasteiger partial charge in [-0.25, -0.2) is 9.78 Å². The highest BCUT2D eigenvalue weighted by Crippen LogP contribution is 2.42. The number of carbonyl (C=O) groups excluding carboxylic acids is 1. The highest BCUT2D eigenvalue weighted by atomic mass is 16.5. The fraction of sp³-hybridized carbons (Fsp3) is 0.231. The van der Waals surface area contributed by atoms with E-state index in [1.807, 2.05) is 18.2 Å². The summed E-state index contributed by atoms with van der Waals surface area (Å²) in [5.41, 5.74) is 6.51. The van der Waals surface area contributed by atoms with Gasteiger partial charge in [-0.3, -0.25) is 0 Å². The molecular weight excluding hydrogens is 400 g/mol. The molecule has 6 heteroatoms. The van der Waals surface area contributed by atoms with Gasteiger partial charge in [-0.1, -0.05) is 43.3 Å². The summed E-state index contributed by atoms with van der Waals surface area (Å²) in [5, 5.41) is 3.44. The highest BCUT2D eigenvalue weighted by molar-refractivity contribution is 6.02. The summed E-state index contributed by atoms with van der Waals surface area (Å²) < 4.78 is 5.18. The second-order valence-electron chi connectivity index (χ2n) is 8.05. The number of hydrogen-bond acceptors (Lipinski definition) is 5. The van der Waals surface area contributed by atoms with Crippen LogP contribution >= 0.6 is 0 Å². The second-order valence-corrected chi connectivity index (χ2v) is 8.05. The summed E-state index contributed by atoms with van der Waals surface area (Å²) in [5.74, 6) is 0.762. The van der Waals surface area contributed by atoms with E-state index < -0.39 is 0 Å². The Bertz CT molecular complexity index is 1280. The molecule has 1 aliphatic rings. The van der Waals surface area contributed by atoms with E-state index >= 15 is 0 Å². The van der Waals surface area contributed by atoms with Crippen molar-refractivity contribution in [2.75, 3.05) is 23.4 Å². The number of rotatable bonds is 5. The van der Waals surface area contributed by atoms with Gasteiger partial charge in [0.15, 0.2) is 0 Å². The first-order valence-corrected chi connectivity index (χ1v) is 11.0. The first kappa shape index (κ1) is 20.1. The molecule has 1 aliphatic heterocycles. The van der Waals surface area contributed by atoms with Crippen molar-refractivity contribution < 1.29 is 9.53 Å². The Morgan fingerprint density at radius 1 is 1.09 bits per heavy atom. The van der Waals surface area contributed by atoms with Crippen LogP contribution in [0.5, 0.6) is 0 Å². The van der Waals surface area contributed by atoms with E-state index in [0.29, 0.717) is 29.6 Å². The molecule has 5 rings (SSSR count). The van der Waals surface area contributed by atoms with E-state index in [4.69, 9.17) is 4.74 Å². The largest absolute Gasteiger partial charge is 0.462 e. The van der Waals surface area contributed by atoms with Crippen molar-refractivity contribution in [2.45, 2.75) is 26.2 Å². The van der Waals surface area contributed by atoms with Gasteiger partial charge in [0.2, 0.25) is 5.95 Å². The Labute approximate surface area is 187 Å². The molecule has 2 N–H and O–H groups in total. The summed E-state index contributed by atoms with van der Waals surface area (Å²) in [6.07, 6.45) is 1.10. The third-order valence-electron chi connectivity index (χ3n) is 6.00. The number of aromatic nitrogens is 2. The Balaban J connectivity index is 1.51. The van der Waals surface area contributed by atoms with Crippen LogP contribution in [0.2, 0.25) is 0 Å². The second kappa shape index (κ2) is 8.38. The minimum atomic E-state index is -0.365. The number of aromatic amines is 1. The van der Waals surface area contributed by atoms with Gasteiger partial charge in [0.1, 0.15) is 5.52 Å². The fourth-order valence-electron chi connectivity index (χ4n) is 4.41. The summed E-state index contributed by atoms with van der Waals surface area (Å²) in [6.45, 7) is 5.36. The summed E-state index contributed by atoms with van der Waals surface area (Å²) in [6, 6.07) is 22.3. The quantitative estimate of drug-likeness (QED) is 0.376. The predicted molar refractivity (Wildman–Crippen MR) is 128 cm³/mol. The van der Waals surface area contributed by atoms with Gasteiger partial charge in [0, 0.05) is 12.2 Å². The molecule has 3 aromatic carbocycles. The van der Waals surface area contributed by atoms with E-state index in [1.54, 1.807) is 13.0 Å². The molecule has 0 amide bonds. The van der Waals surface area contributed by atoms with Gasteiger partial charge in [0.25, 0.3) is 0 Å². The van der Waals surface area contributed by atoms with E-state index in [-0.39, 0.29) is 5.97 Å². The van der Waals surface area contributed by atoms with Crippen LogP contribution in [0.25, 0.3) is 11.0 Å². The average Bonchev–Trinajstić information content (AvgIpc) is 3.23. The van der Waals surface area contributed by atoms with E-state index in [2.05, 4.69) is 69.6 Å². The van der Waals surface area contributed by atoms with Crippen molar-refractivity contribution in [3.05, 3.63) is 77.9 Å². The maximum absolute atomic E-state index is 12.3. The number of benzene rings is 3. The number of para-hydroxylation sites is 4. The Morgan fingerprint density at radius 3 is 2.72 bits per heavy atom. The predicted octanol–water partition coefficient (Wildman–Crippen LogP) is 6.13. The summed E-state index contributed by atoms with van der Waals surface area (Å²) in [7, 11) is 0. The van der Waals surface area contributed by atoms with E-state index in [9.17, 15) is 4.79 Å². The average molecular weight is 427 g/mol. The number of H-pyrrole nitrogens is 1. The molecule has 0 radical (unpaired) electrons. The fourth-order valence-corrected chi connectivity index (χ4v) is 4.41. The molecule has 2 heterocycles. The van der Waals surface area contributed by atoms with Gasteiger partial charge in [-0.2, -0.15) is 0 Å². The lowest BCUT2D eigenvalue weighted by atomic mass is 9.91.